The Balaban J connectivity index is 2.26. The van der Waals surface area contributed by atoms with Crippen LogP contribution in [0.25, 0.3) is 10.8 Å². The zero-order valence-electron chi connectivity index (χ0n) is 14.5. The van der Waals surface area contributed by atoms with Gasteiger partial charge in [0.2, 0.25) is 0 Å². The van der Waals surface area contributed by atoms with Gasteiger partial charge in [-0.15, -0.1) is 0 Å². The van der Waals surface area contributed by atoms with E-state index in [0.717, 1.165) is 11.8 Å². The summed E-state index contributed by atoms with van der Waals surface area (Å²) in [5.41, 5.74) is 0.598. The number of methoxy groups -OCH3 is 1. The Morgan fingerprint density at radius 2 is 1.96 bits per heavy atom. The lowest BCUT2D eigenvalue weighted by molar-refractivity contribution is 0.194. The molecule has 0 radical (unpaired) electrons. The maximum absolute atomic E-state index is 12.6. The van der Waals surface area contributed by atoms with Gasteiger partial charge in [-0.3, -0.25) is 4.79 Å². The highest BCUT2D eigenvalue weighted by atomic mass is 16.5. The molecule has 0 bridgehead atoms. The fraction of sp³-hybridized carbons (Fsp3) is 0.444. The Bertz CT molecular complexity index is 753. The second-order valence-corrected chi connectivity index (χ2v) is 6.17. The van der Waals surface area contributed by atoms with Crippen LogP contribution in [0.1, 0.15) is 20.3 Å². The van der Waals surface area contributed by atoms with E-state index < -0.39 is 0 Å². The molecule has 24 heavy (non-hydrogen) atoms. The molecule has 130 valence electrons. The highest BCUT2D eigenvalue weighted by Gasteiger charge is 2.11. The Morgan fingerprint density at radius 3 is 2.62 bits per heavy atom. The number of fused-ring (bicyclic) bond motifs is 1. The summed E-state index contributed by atoms with van der Waals surface area (Å²) < 4.78 is 6.62. The van der Waals surface area contributed by atoms with Gasteiger partial charge < -0.3 is 19.9 Å². The zero-order chi connectivity index (χ0) is 17.5. The van der Waals surface area contributed by atoms with Gasteiger partial charge >= 0.3 is 6.03 Å². The van der Waals surface area contributed by atoms with Gasteiger partial charge in [-0.1, -0.05) is 32.0 Å². The maximum Gasteiger partial charge on any atom is 0.319 e. The molecule has 0 aliphatic rings. The van der Waals surface area contributed by atoms with Crippen LogP contribution in [0.3, 0.4) is 0 Å². The molecular formula is C18H25N3O3. The van der Waals surface area contributed by atoms with E-state index in [0.29, 0.717) is 36.7 Å². The van der Waals surface area contributed by atoms with Gasteiger partial charge in [-0.2, -0.15) is 0 Å². The quantitative estimate of drug-likeness (QED) is 0.766. The fourth-order valence-electron chi connectivity index (χ4n) is 2.56. The number of aromatic nitrogens is 1. The summed E-state index contributed by atoms with van der Waals surface area (Å²) in [5, 5.41) is 6.99. The SMILES string of the molecule is COCCCNC(=O)Nc1cn(CC(C)C)c(=O)c2ccccc12. The first kappa shape index (κ1) is 18.0. The lowest BCUT2D eigenvalue weighted by atomic mass is 10.1. The normalized spacial score (nSPS) is 11.0. The minimum atomic E-state index is -0.286. The summed E-state index contributed by atoms with van der Waals surface area (Å²) >= 11 is 0. The topological polar surface area (TPSA) is 72.4 Å². The van der Waals surface area contributed by atoms with Crippen LogP contribution in [0.15, 0.2) is 35.3 Å². The summed E-state index contributed by atoms with van der Waals surface area (Å²) in [4.78, 5) is 24.7. The number of rotatable bonds is 7. The summed E-state index contributed by atoms with van der Waals surface area (Å²) in [6.45, 7) is 5.84. The number of pyridine rings is 1. The van der Waals surface area contributed by atoms with E-state index in [4.69, 9.17) is 4.74 Å². The van der Waals surface area contributed by atoms with Gasteiger partial charge in [0.1, 0.15) is 0 Å². The van der Waals surface area contributed by atoms with E-state index in [1.54, 1.807) is 23.9 Å². The molecule has 2 N–H and O–H groups in total. The molecular weight excluding hydrogens is 306 g/mol. The van der Waals surface area contributed by atoms with Crippen molar-refractivity contribution in [1.82, 2.24) is 9.88 Å². The van der Waals surface area contributed by atoms with Crippen molar-refractivity contribution >= 4 is 22.5 Å². The molecule has 0 atom stereocenters. The number of ether oxygens (including phenoxy) is 1. The molecule has 2 amide bonds. The van der Waals surface area contributed by atoms with Gasteiger partial charge in [0, 0.05) is 43.8 Å². The average molecular weight is 331 g/mol. The second kappa shape index (κ2) is 8.49. The summed E-state index contributed by atoms with van der Waals surface area (Å²) in [6, 6.07) is 7.03. The number of carbonyl (C=O) groups is 1. The molecule has 1 aromatic carbocycles. The van der Waals surface area contributed by atoms with Crippen molar-refractivity contribution < 1.29 is 9.53 Å². The molecule has 1 heterocycles. The summed E-state index contributed by atoms with van der Waals surface area (Å²) in [7, 11) is 1.63. The van der Waals surface area contributed by atoms with E-state index in [1.807, 2.05) is 18.2 Å². The molecule has 6 nitrogen and oxygen atoms in total. The predicted molar refractivity (Wildman–Crippen MR) is 96.6 cm³/mol. The van der Waals surface area contributed by atoms with Crippen LogP contribution in [0.5, 0.6) is 0 Å². The molecule has 0 saturated heterocycles. The van der Waals surface area contributed by atoms with Crippen molar-refractivity contribution in [3.63, 3.8) is 0 Å². The molecule has 0 fully saturated rings. The molecule has 0 spiro atoms. The van der Waals surface area contributed by atoms with E-state index in [2.05, 4.69) is 24.5 Å². The molecule has 0 aliphatic heterocycles. The fourth-order valence-corrected chi connectivity index (χ4v) is 2.56. The largest absolute Gasteiger partial charge is 0.385 e. The van der Waals surface area contributed by atoms with Crippen molar-refractivity contribution in [3.8, 4) is 0 Å². The Morgan fingerprint density at radius 1 is 1.25 bits per heavy atom. The number of benzene rings is 1. The third-order valence-corrected chi connectivity index (χ3v) is 3.61. The monoisotopic (exact) mass is 331 g/mol. The Kier molecular flexibility index (Phi) is 6.37. The van der Waals surface area contributed by atoms with Gasteiger partial charge in [0.25, 0.3) is 5.56 Å². The van der Waals surface area contributed by atoms with E-state index in [9.17, 15) is 9.59 Å². The number of hydrogen-bond donors (Lipinski definition) is 2. The molecule has 2 aromatic rings. The number of urea groups is 1. The smallest absolute Gasteiger partial charge is 0.319 e. The highest BCUT2D eigenvalue weighted by Crippen LogP contribution is 2.20. The first-order valence-corrected chi connectivity index (χ1v) is 8.19. The highest BCUT2D eigenvalue weighted by molar-refractivity contribution is 6.00. The molecule has 0 unspecified atom stereocenters. The summed E-state index contributed by atoms with van der Waals surface area (Å²) in [6.07, 6.45) is 2.47. The number of amides is 2. The van der Waals surface area contributed by atoms with Gasteiger partial charge in [0.15, 0.2) is 0 Å². The lowest BCUT2D eigenvalue weighted by Crippen LogP contribution is -2.31. The van der Waals surface area contributed by atoms with Crippen LogP contribution in [-0.2, 0) is 11.3 Å². The molecule has 0 saturated carbocycles. The van der Waals surface area contributed by atoms with Crippen LogP contribution in [0, 0.1) is 5.92 Å². The number of nitrogens with one attached hydrogen (secondary N) is 2. The molecule has 1 aromatic heterocycles. The third-order valence-electron chi connectivity index (χ3n) is 3.61. The Hall–Kier alpha value is -2.34. The number of hydrogen-bond acceptors (Lipinski definition) is 3. The molecule has 0 aliphatic carbocycles. The van der Waals surface area contributed by atoms with Gasteiger partial charge in [0.05, 0.1) is 5.69 Å². The van der Waals surface area contributed by atoms with Crippen molar-refractivity contribution in [2.45, 2.75) is 26.8 Å². The number of nitrogens with zero attached hydrogens (tertiary/aromatic N) is 1. The van der Waals surface area contributed by atoms with Crippen LogP contribution in [-0.4, -0.2) is 30.9 Å². The van der Waals surface area contributed by atoms with E-state index >= 15 is 0 Å². The molecule has 6 heteroatoms. The van der Waals surface area contributed by atoms with Crippen LogP contribution >= 0.6 is 0 Å². The van der Waals surface area contributed by atoms with E-state index in [1.165, 1.54) is 0 Å². The lowest BCUT2D eigenvalue weighted by Gasteiger charge is -2.15. The number of anilines is 1. The Labute approximate surface area is 141 Å². The summed E-state index contributed by atoms with van der Waals surface area (Å²) in [5.74, 6) is 0.333. The first-order chi connectivity index (χ1) is 11.5. The van der Waals surface area contributed by atoms with Crippen molar-refractivity contribution in [2.75, 3.05) is 25.6 Å². The minimum Gasteiger partial charge on any atom is -0.385 e. The van der Waals surface area contributed by atoms with Crippen molar-refractivity contribution in [1.29, 1.82) is 0 Å². The van der Waals surface area contributed by atoms with Gasteiger partial charge in [-0.05, 0) is 18.4 Å². The number of carbonyl (C=O) groups excluding carboxylic acids is 1. The molecule has 2 rings (SSSR count). The average Bonchev–Trinajstić information content (AvgIpc) is 2.55. The zero-order valence-corrected chi connectivity index (χ0v) is 14.5. The van der Waals surface area contributed by atoms with E-state index in [-0.39, 0.29) is 11.6 Å². The van der Waals surface area contributed by atoms with Crippen LogP contribution in [0.4, 0.5) is 10.5 Å². The van der Waals surface area contributed by atoms with Crippen molar-refractivity contribution in [2.24, 2.45) is 5.92 Å². The maximum atomic E-state index is 12.6. The van der Waals surface area contributed by atoms with Crippen molar-refractivity contribution in [3.05, 3.63) is 40.8 Å². The standard InChI is InChI=1S/C18H25N3O3/c1-13(2)11-21-12-16(20-18(23)19-9-6-10-24-3)14-7-4-5-8-15(14)17(21)22/h4-5,7-8,12-13H,6,9-11H2,1-3H3,(H2,19,20,23). The minimum absolute atomic E-state index is 0.0367. The second-order valence-electron chi connectivity index (χ2n) is 6.17. The van der Waals surface area contributed by atoms with Gasteiger partial charge in [-0.25, -0.2) is 4.79 Å². The van der Waals surface area contributed by atoms with Crippen LogP contribution in [0.2, 0.25) is 0 Å². The first-order valence-electron chi connectivity index (χ1n) is 8.19. The third kappa shape index (κ3) is 4.58. The predicted octanol–water partition coefficient (Wildman–Crippen LogP) is 2.82. The van der Waals surface area contributed by atoms with Crippen LogP contribution < -0.4 is 16.2 Å².